The number of aryl methyl sites for hydroxylation is 1. The molecule has 170 valence electrons. The molecule has 1 aromatic heterocycles. The first-order chi connectivity index (χ1) is 15.1. The number of benzene rings is 1. The highest BCUT2D eigenvalue weighted by Crippen LogP contribution is 2.51. The van der Waals surface area contributed by atoms with E-state index in [2.05, 4.69) is 5.32 Å². The minimum Gasteiger partial charge on any atom is -0.456 e. The van der Waals surface area contributed by atoms with E-state index in [1.807, 2.05) is 19.9 Å². The van der Waals surface area contributed by atoms with E-state index in [1.54, 1.807) is 24.3 Å². The predicted molar refractivity (Wildman–Crippen MR) is 113 cm³/mol. The normalized spacial score (nSPS) is 24.4. The Balaban J connectivity index is 1.42. The van der Waals surface area contributed by atoms with Crippen LogP contribution in [-0.4, -0.2) is 44.9 Å². The van der Waals surface area contributed by atoms with Gasteiger partial charge in [-0.05, 0) is 26.3 Å². The second-order valence-electron chi connectivity index (χ2n) is 8.18. The third-order valence-corrected chi connectivity index (χ3v) is 7.16. The van der Waals surface area contributed by atoms with Crippen LogP contribution in [0.25, 0.3) is 0 Å². The Hall–Kier alpha value is -3.05. The van der Waals surface area contributed by atoms with Crippen molar-refractivity contribution in [2.75, 3.05) is 0 Å². The molecule has 2 aromatic rings. The van der Waals surface area contributed by atoms with E-state index in [0.29, 0.717) is 5.56 Å². The van der Waals surface area contributed by atoms with E-state index in [9.17, 15) is 19.2 Å². The van der Waals surface area contributed by atoms with Crippen LogP contribution in [0.5, 0.6) is 0 Å². The van der Waals surface area contributed by atoms with Crippen LogP contribution in [0.3, 0.4) is 0 Å². The summed E-state index contributed by atoms with van der Waals surface area (Å²) in [5, 5.41) is 2.29. The molecule has 0 radical (unpaired) electrons. The molecule has 0 spiro atoms. The van der Waals surface area contributed by atoms with Crippen molar-refractivity contribution in [2.24, 2.45) is 5.73 Å². The summed E-state index contributed by atoms with van der Waals surface area (Å²) >= 11 is 1.40. The van der Waals surface area contributed by atoms with E-state index in [4.69, 9.17) is 19.3 Å². The van der Waals surface area contributed by atoms with Gasteiger partial charge in [0.25, 0.3) is 0 Å². The summed E-state index contributed by atoms with van der Waals surface area (Å²) in [6.45, 7) is 4.89. The number of esters is 1. The zero-order valence-corrected chi connectivity index (χ0v) is 18.5. The molecule has 32 heavy (non-hydrogen) atoms. The number of carbonyl (C=O) groups is 3. The van der Waals surface area contributed by atoms with Gasteiger partial charge in [0, 0.05) is 4.75 Å². The van der Waals surface area contributed by atoms with Crippen molar-refractivity contribution in [3.05, 3.63) is 58.0 Å². The second kappa shape index (κ2) is 8.14. The molecule has 4 atom stereocenters. The lowest BCUT2D eigenvalue weighted by atomic mass is 9.95. The number of amides is 2. The van der Waals surface area contributed by atoms with Gasteiger partial charge in [-0.2, -0.15) is 0 Å². The maximum Gasteiger partial charge on any atom is 0.519 e. The Morgan fingerprint density at radius 1 is 1.25 bits per heavy atom. The smallest absolute Gasteiger partial charge is 0.456 e. The Kier molecular flexibility index (Phi) is 5.63. The van der Waals surface area contributed by atoms with Gasteiger partial charge in [0.2, 0.25) is 11.8 Å². The van der Waals surface area contributed by atoms with E-state index < -0.39 is 45.9 Å². The number of ether oxygens (including phenoxy) is 1. The topological polar surface area (TPSA) is 145 Å². The number of hydrogen-bond donors (Lipinski definition) is 2. The van der Waals surface area contributed by atoms with Gasteiger partial charge < -0.3 is 29.5 Å². The summed E-state index contributed by atoms with van der Waals surface area (Å²) in [6.07, 6.45) is 0. The van der Waals surface area contributed by atoms with Crippen LogP contribution in [0.1, 0.15) is 37.0 Å². The second-order valence-corrected chi connectivity index (χ2v) is 9.95. The highest BCUT2D eigenvalue weighted by molar-refractivity contribution is 8.01. The summed E-state index contributed by atoms with van der Waals surface area (Å²) in [5.41, 5.74) is 6.66. The van der Waals surface area contributed by atoms with Crippen molar-refractivity contribution in [1.82, 2.24) is 10.2 Å². The third-order valence-electron chi connectivity index (χ3n) is 5.58. The summed E-state index contributed by atoms with van der Waals surface area (Å²) < 4.78 is 14.2. The summed E-state index contributed by atoms with van der Waals surface area (Å²) in [5.74, 6) is -2.03. The van der Waals surface area contributed by atoms with E-state index >= 15 is 0 Å². The average Bonchev–Trinajstić information content (AvgIpc) is 3.22. The van der Waals surface area contributed by atoms with Gasteiger partial charge in [0.05, 0.1) is 0 Å². The van der Waals surface area contributed by atoms with Crippen LogP contribution in [-0.2, 0) is 25.7 Å². The number of nitrogens with one attached hydrogen (secondary N) is 1. The lowest BCUT2D eigenvalue weighted by molar-refractivity contribution is -0.165. The van der Waals surface area contributed by atoms with E-state index in [0.717, 1.165) is 0 Å². The number of thioether (sulfide) groups is 1. The number of β-lactam (4-membered cyclic amide) rings is 1. The van der Waals surface area contributed by atoms with Crippen LogP contribution < -0.4 is 16.9 Å². The van der Waals surface area contributed by atoms with Gasteiger partial charge >= 0.3 is 11.8 Å². The van der Waals surface area contributed by atoms with Gasteiger partial charge in [-0.15, -0.1) is 11.8 Å². The van der Waals surface area contributed by atoms with Crippen LogP contribution in [0.4, 0.5) is 0 Å². The maximum atomic E-state index is 12.8. The first kappa shape index (κ1) is 22.2. The largest absolute Gasteiger partial charge is 0.519 e. The van der Waals surface area contributed by atoms with E-state index in [-0.39, 0.29) is 24.0 Å². The number of fused-ring (bicyclic) bond motifs is 1. The monoisotopic (exact) mass is 461 g/mol. The molecule has 0 unspecified atom stereocenters. The first-order valence-electron chi connectivity index (χ1n) is 9.97. The van der Waals surface area contributed by atoms with Crippen molar-refractivity contribution in [1.29, 1.82) is 0 Å². The Labute approximate surface area is 187 Å². The van der Waals surface area contributed by atoms with Gasteiger partial charge in [0.1, 0.15) is 23.5 Å². The Bertz CT molecular complexity index is 1110. The number of nitrogens with two attached hydrogens (primary N) is 1. The molecular weight excluding hydrogens is 438 g/mol. The summed E-state index contributed by atoms with van der Waals surface area (Å²) in [4.78, 5) is 50.8. The highest BCUT2D eigenvalue weighted by atomic mass is 32.2. The zero-order chi connectivity index (χ0) is 23.2. The van der Waals surface area contributed by atoms with Crippen LogP contribution in [0, 0.1) is 6.92 Å². The molecule has 0 aliphatic carbocycles. The fourth-order valence-electron chi connectivity index (χ4n) is 3.90. The molecule has 2 aliphatic rings. The molecular formula is C21H23N3O7S. The molecule has 10 nitrogen and oxygen atoms in total. The molecule has 0 saturated carbocycles. The summed E-state index contributed by atoms with van der Waals surface area (Å²) in [7, 11) is 0. The van der Waals surface area contributed by atoms with Crippen LogP contribution >= 0.6 is 11.8 Å². The fourth-order valence-corrected chi connectivity index (χ4v) is 5.52. The average molecular weight is 461 g/mol. The maximum absolute atomic E-state index is 12.8. The first-order valence-corrected chi connectivity index (χ1v) is 10.8. The molecule has 4 rings (SSSR count). The number of nitrogens with zero attached hydrogens (tertiary/aromatic N) is 1. The van der Waals surface area contributed by atoms with Gasteiger partial charge in [-0.25, -0.2) is 9.59 Å². The van der Waals surface area contributed by atoms with Crippen molar-refractivity contribution < 1.29 is 28.0 Å². The fraction of sp³-hybridized carbons (Fsp3) is 0.429. The van der Waals surface area contributed by atoms with Crippen LogP contribution in [0.15, 0.2) is 44.0 Å². The Morgan fingerprint density at radius 3 is 2.56 bits per heavy atom. The molecule has 2 amide bonds. The number of carbonyl (C=O) groups excluding carboxylic acids is 3. The van der Waals surface area contributed by atoms with Gasteiger partial charge in [-0.1, -0.05) is 30.3 Å². The van der Waals surface area contributed by atoms with Crippen molar-refractivity contribution >= 4 is 29.5 Å². The standard InChI is InChI=1S/C21H23N3O7S/c1-10-12(31-20(28)30-10)9-29-19(27)15-21(2,3)32-18-14(17(26)24(15)18)23-16(25)13(22)11-7-5-4-6-8-11/h4-8,13-15,18H,9,22H2,1-3H3,(H,23,25)/t13-,14+,15-,18+/m0/s1. The number of rotatable bonds is 6. The lowest BCUT2D eigenvalue weighted by Gasteiger charge is -2.44. The molecule has 3 heterocycles. The molecule has 2 aliphatic heterocycles. The molecule has 3 N–H and O–H groups in total. The predicted octanol–water partition coefficient (Wildman–Crippen LogP) is 0.832. The minimum atomic E-state index is -0.911. The quantitative estimate of drug-likeness (QED) is 0.472. The van der Waals surface area contributed by atoms with Crippen molar-refractivity contribution in [3.63, 3.8) is 0 Å². The summed E-state index contributed by atoms with van der Waals surface area (Å²) in [6, 6.07) is 6.30. The lowest BCUT2D eigenvalue weighted by Crippen LogP contribution is -2.71. The van der Waals surface area contributed by atoms with E-state index in [1.165, 1.54) is 23.6 Å². The van der Waals surface area contributed by atoms with Crippen LogP contribution in [0.2, 0.25) is 0 Å². The Morgan fingerprint density at radius 2 is 1.94 bits per heavy atom. The SMILES string of the molecule is Cc1oc(=O)oc1COC(=O)[C@@H]1N2C(=O)[C@@H](NC(=O)[C@@H](N)c3ccccc3)[C@H]2SC1(C)C. The molecule has 2 fully saturated rings. The third kappa shape index (κ3) is 3.82. The zero-order valence-electron chi connectivity index (χ0n) is 17.7. The molecule has 2 saturated heterocycles. The van der Waals surface area contributed by atoms with Gasteiger partial charge in [-0.3, -0.25) is 9.59 Å². The minimum absolute atomic E-state index is 0.110. The highest BCUT2D eigenvalue weighted by Gasteiger charge is 2.64. The number of hydrogen-bond acceptors (Lipinski definition) is 9. The molecule has 1 aromatic carbocycles. The van der Waals surface area contributed by atoms with Gasteiger partial charge in [0.15, 0.2) is 18.1 Å². The molecule has 0 bridgehead atoms. The molecule has 11 heteroatoms. The van der Waals surface area contributed by atoms with Crippen molar-refractivity contribution in [3.8, 4) is 0 Å². The van der Waals surface area contributed by atoms with Crippen molar-refractivity contribution in [2.45, 2.75) is 55.6 Å².